The third-order valence-corrected chi connectivity index (χ3v) is 4.85. The first-order valence-corrected chi connectivity index (χ1v) is 10.8. The van der Waals surface area contributed by atoms with E-state index in [0.717, 1.165) is 11.3 Å². The molecule has 1 amide bonds. The lowest BCUT2D eigenvalue weighted by Gasteiger charge is -2.13. The van der Waals surface area contributed by atoms with Gasteiger partial charge in [-0.15, -0.1) is 0 Å². The average molecular weight is 440 g/mol. The maximum Gasteiger partial charge on any atom is 0.255 e. The van der Waals surface area contributed by atoms with Crippen LogP contribution < -0.4 is 19.5 Å². The minimum Gasteiger partial charge on any atom is -0.490 e. The zero-order chi connectivity index (χ0) is 22.7. The fourth-order valence-corrected chi connectivity index (χ4v) is 3.16. The number of para-hydroxylation sites is 3. The molecule has 0 aliphatic rings. The molecule has 0 aliphatic carbocycles. The highest BCUT2D eigenvalue weighted by Crippen LogP contribution is 2.25. The molecule has 0 heterocycles. The Bertz CT molecular complexity index is 1150. The Kier molecular flexibility index (Phi) is 7.58. The van der Waals surface area contributed by atoms with Gasteiger partial charge in [0, 0.05) is 5.56 Å². The molecule has 5 nitrogen and oxygen atoms in total. The molecule has 0 fully saturated rings. The summed E-state index contributed by atoms with van der Waals surface area (Å²) in [5, 5.41) is 2.93. The molecule has 0 radical (unpaired) electrons. The van der Waals surface area contributed by atoms with Crippen molar-refractivity contribution in [3.63, 3.8) is 0 Å². The number of ether oxygens (including phenoxy) is 3. The van der Waals surface area contributed by atoms with E-state index in [4.69, 9.17) is 14.2 Å². The molecule has 0 unspecified atom stereocenters. The van der Waals surface area contributed by atoms with Gasteiger partial charge in [0.15, 0.2) is 0 Å². The van der Waals surface area contributed by atoms with Crippen molar-refractivity contribution in [1.29, 1.82) is 0 Å². The van der Waals surface area contributed by atoms with Gasteiger partial charge in [-0.1, -0.05) is 60.7 Å². The molecule has 0 aliphatic heterocycles. The van der Waals surface area contributed by atoms with Crippen molar-refractivity contribution < 1.29 is 19.0 Å². The van der Waals surface area contributed by atoms with Gasteiger partial charge < -0.3 is 19.5 Å². The first kappa shape index (κ1) is 22.0. The second-order valence-electron chi connectivity index (χ2n) is 7.26. The predicted molar refractivity (Wildman–Crippen MR) is 129 cm³/mol. The van der Waals surface area contributed by atoms with E-state index in [2.05, 4.69) is 5.32 Å². The molecule has 4 aromatic rings. The van der Waals surface area contributed by atoms with Crippen molar-refractivity contribution in [2.75, 3.05) is 18.5 Å². The van der Waals surface area contributed by atoms with Crippen LogP contribution in [-0.4, -0.2) is 19.1 Å². The molecule has 5 heteroatoms. The van der Waals surface area contributed by atoms with Gasteiger partial charge in [0.05, 0.1) is 5.69 Å². The molecule has 0 atom stereocenters. The van der Waals surface area contributed by atoms with Crippen LogP contribution in [0.2, 0.25) is 0 Å². The van der Waals surface area contributed by atoms with Gasteiger partial charge in [-0.3, -0.25) is 4.79 Å². The number of carbonyl (C=O) groups excluding carboxylic acids is 1. The van der Waals surface area contributed by atoms with E-state index in [1.54, 1.807) is 24.3 Å². The van der Waals surface area contributed by atoms with Crippen molar-refractivity contribution in [2.45, 2.75) is 6.61 Å². The van der Waals surface area contributed by atoms with Gasteiger partial charge in [0.2, 0.25) is 0 Å². The Morgan fingerprint density at radius 2 is 1.18 bits per heavy atom. The highest BCUT2D eigenvalue weighted by molar-refractivity contribution is 6.05. The van der Waals surface area contributed by atoms with Gasteiger partial charge in [0.1, 0.15) is 37.1 Å². The van der Waals surface area contributed by atoms with Crippen molar-refractivity contribution in [2.24, 2.45) is 0 Å². The van der Waals surface area contributed by atoms with Gasteiger partial charge >= 0.3 is 0 Å². The monoisotopic (exact) mass is 439 g/mol. The van der Waals surface area contributed by atoms with Gasteiger partial charge in [-0.05, 0) is 54.1 Å². The summed E-state index contributed by atoms with van der Waals surface area (Å²) in [6, 6.07) is 33.9. The number of hydrogen-bond donors (Lipinski definition) is 1. The zero-order valence-electron chi connectivity index (χ0n) is 18.1. The highest BCUT2D eigenvalue weighted by atomic mass is 16.5. The fourth-order valence-electron chi connectivity index (χ4n) is 3.16. The van der Waals surface area contributed by atoms with Crippen LogP contribution >= 0.6 is 0 Å². The fraction of sp³-hybridized carbons (Fsp3) is 0.107. The molecule has 166 valence electrons. The number of nitrogens with one attached hydrogen (secondary N) is 1. The van der Waals surface area contributed by atoms with Crippen LogP contribution in [0.15, 0.2) is 109 Å². The summed E-state index contributed by atoms with van der Waals surface area (Å²) in [5.74, 6) is 1.88. The van der Waals surface area contributed by atoms with Crippen molar-refractivity contribution in [3.05, 3.63) is 120 Å². The summed E-state index contributed by atoms with van der Waals surface area (Å²) in [7, 11) is 0. The second kappa shape index (κ2) is 11.4. The second-order valence-corrected chi connectivity index (χ2v) is 7.26. The van der Waals surface area contributed by atoms with Crippen LogP contribution in [0.25, 0.3) is 0 Å². The largest absolute Gasteiger partial charge is 0.490 e. The highest BCUT2D eigenvalue weighted by Gasteiger charge is 2.10. The molecule has 0 saturated heterocycles. The molecular formula is C28H25NO4. The first-order valence-electron chi connectivity index (χ1n) is 10.8. The molecule has 0 bridgehead atoms. The summed E-state index contributed by atoms with van der Waals surface area (Å²) in [4.78, 5) is 12.7. The Morgan fingerprint density at radius 1 is 0.606 bits per heavy atom. The number of anilines is 1. The number of amides is 1. The van der Waals surface area contributed by atoms with E-state index >= 15 is 0 Å². The smallest absolute Gasteiger partial charge is 0.255 e. The Labute approximate surface area is 193 Å². The van der Waals surface area contributed by atoms with E-state index < -0.39 is 0 Å². The Hall–Kier alpha value is -4.25. The molecule has 4 aromatic carbocycles. The normalized spacial score (nSPS) is 10.3. The van der Waals surface area contributed by atoms with E-state index in [-0.39, 0.29) is 5.91 Å². The minimum atomic E-state index is -0.218. The lowest BCUT2D eigenvalue weighted by atomic mass is 10.2. The van der Waals surface area contributed by atoms with Crippen molar-refractivity contribution >= 4 is 11.6 Å². The Morgan fingerprint density at radius 3 is 1.88 bits per heavy atom. The summed E-state index contributed by atoms with van der Waals surface area (Å²) in [6.45, 7) is 1.27. The summed E-state index contributed by atoms with van der Waals surface area (Å²) in [6.07, 6.45) is 0. The Balaban J connectivity index is 1.29. The van der Waals surface area contributed by atoms with Crippen LogP contribution in [0.1, 0.15) is 15.9 Å². The molecule has 0 saturated carbocycles. The van der Waals surface area contributed by atoms with E-state index in [1.807, 2.05) is 84.9 Å². The summed E-state index contributed by atoms with van der Waals surface area (Å²) in [5.41, 5.74) is 2.21. The number of rotatable bonds is 10. The quantitative estimate of drug-likeness (QED) is 0.309. The standard InChI is InChI=1S/C28H25NO4/c30-28(29-26-13-7-8-14-27(26)33-21-22-9-3-1-4-10-22)23-15-17-25(18-16-23)32-20-19-31-24-11-5-2-6-12-24/h1-18H,19-21H2,(H,29,30). The van der Waals surface area contributed by atoms with Crippen molar-refractivity contribution in [1.82, 2.24) is 0 Å². The van der Waals surface area contributed by atoms with E-state index in [1.165, 1.54) is 0 Å². The molecule has 1 N–H and O–H groups in total. The average Bonchev–Trinajstić information content (AvgIpc) is 2.88. The SMILES string of the molecule is O=C(Nc1ccccc1OCc1ccccc1)c1ccc(OCCOc2ccccc2)cc1. The van der Waals surface area contributed by atoms with Crippen LogP contribution in [0, 0.1) is 0 Å². The van der Waals surface area contributed by atoms with Crippen molar-refractivity contribution in [3.8, 4) is 17.2 Å². The molecule has 33 heavy (non-hydrogen) atoms. The lowest BCUT2D eigenvalue weighted by molar-refractivity contribution is 0.102. The molecule has 4 rings (SSSR count). The minimum absolute atomic E-state index is 0.218. The number of benzene rings is 4. The van der Waals surface area contributed by atoms with Gasteiger partial charge in [0.25, 0.3) is 5.91 Å². The molecule has 0 spiro atoms. The predicted octanol–water partition coefficient (Wildman–Crippen LogP) is 5.98. The molecular weight excluding hydrogens is 414 g/mol. The maximum absolute atomic E-state index is 12.7. The van der Waals surface area contributed by atoms with E-state index in [9.17, 15) is 4.79 Å². The topological polar surface area (TPSA) is 56.8 Å². The van der Waals surface area contributed by atoms with Crippen LogP contribution in [0.4, 0.5) is 5.69 Å². The molecule has 0 aromatic heterocycles. The van der Waals surface area contributed by atoms with E-state index in [0.29, 0.717) is 42.6 Å². The summed E-state index contributed by atoms with van der Waals surface area (Å²) < 4.78 is 17.2. The third kappa shape index (κ3) is 6.61. The lowest BCUT2D eigenvalue weighted by Crippen LogP contribution is -2.13. The third-order valence-electron chi connectivity index (χ3n) is 4.85. The van der Waals surface area contributed by atoms with Crippen LogP contribution in [-0.2, 0) is 6.61 Å². The van der Waals surface area contributed by atoms with Gasteiger partial charge in [-0.25, -0.2) is 0 Å². The maximum atomic E-state index is 12.7. The summed E-state index contributed by atoms with van der Waals surface area (Å²) >= 11 is 0. The number of hydrogen-bond acceptors (Lipinski definition) is 4. The first-order chi connectivity index (χ1) is 16.3. The van der Waals surface area contributed by atoms with Gasteiger partial charge in [-0.2, -0.15) is 0 Å². The number of carbonyl (C=O) groups is 1. The van der Waals surface area contributed by atoms with Crippen LogP contribution in [0.5, 0.6) is 17.2 Å². The van der Waals surface area contributed by atoms with Crippen LogP contribution in [0.3, 0.4) is 0 Å². The zero-order valence-corrected chi connectivity index (χ0v) is 18.1.